The van der Waals surface area contributed by atoms with Crippen LogP contribution in [0, 0.1) is 11.8 Å². The minimum Gasteiger partial charge on any atom is -0.314 e. The highest BCUT2D eigenvalue weighted by atomic mass is 15.2. The topological polar surface area (TPSA) is 15.3 Å². The molecule has 2 fully saturated rings. The SMILES string of the molecule is C=CC1CCC(C(=C)CN2CCNCC2)CC1. The predicted octanol–water partition coefficient (Wildman–Crippen LogP) is 2.44. The Morgan fingerprint density at radius 2 is 1.82 bits per heavy atom. The summed E-state index contributed by atoms with van der Waals surface area (Å²) in [6, 6.07) is 0. The van der Waals surface area contributed by atoms with E-state index in [1.165, 1.54) is 44.3 Å². The van der Waals surface area contributed by atoms with Crippen molar-refractivity contribution in [1.82, 2.24) is 10.2 Å². The Bertz CT molecular complexity index is 258. The normalized spacial score (nSPS) is 31.1. The van der Waals surface area contributed by atoms with Gasteiger partial charge in [0.05, 0.1) is 0 Å². The maximum atomic E-state index is 4.34. The quantitative estimate of drug-likeness (QED) is 0.752. The van der Waals surface area contributed by atoms with E-state index >= 15 is 0 Å². The van der Waals surface area contributed by atoms with Gasteiger partial charge in [-0.05, 0) is 37.5 Å². The second-order valence-corrected chi connectivity index (χ2v) is 5.53. The van der Waals surface area contributed by atoms with Gasteiger partial charge in [0.1, 0.15) is 0 Å². The van der Waals surface area contributed by atoms with Crippen molar-refractivity contribution in [2.45, 2.75) is 25.7 Å². The van der Waals surface area contributed by atoms with Gasteiger partial charge < -0.3 is 5.32 Å². The summed E-state index contributed by atoms with van der Waals surface area (Å²) in [5.41, 5.74) is 1.47. The largest absolute Gasteiger partial charge is 0.314 e. The monoisotopic (exact) mass is 234 g/mol. The van der Waals surface area contributed by atoms with E-state index in [0.717, 1.165) is 31.5 Å². The van der Waals surface area contributed by atoms with Gasteiger partial charge in [-0.25, -0.2) is 0 Å². The zero-order chi connectivity index (χ0) is 12.1. The summed E-state index contributed by atoms with van der Waals surface area (Å²) in [6.45, 7) is 14.0. The van der Waals surface area contributed by atoms with E-state index in [1.54, 1.807) is 0 Å². The number of rotatable bonds is 4. The van der Waals surface area contributed by atoms with Crippen molar-refractivity contribution in [3.05, 3.63) is 24.8 Å². The van der Waals surface area contributed by atoms with Crippen LogP contribution in [0.5, 0.6) is 0 Å². The molecule has 0 amide bonds. The van der Waals surface area contributed by atoms with Gasteiger partial charge in [0.2, 0.25) is 0 Å². The molecule has 0 radical (unpaired) electrons. The number of hydrogen-bond donors (Lipinski definition) is 1. The van der Waals surface area contributed by atoms with Crippen LogP contribution in [0.2, 0.25) is 0 Å². The fraction of sp³-hybridized carbons (Fsp3) is 0.733. The molecular formula is C15H26N2. The highest BCUT2D eigenvalue weighted by molar-refractivity contribution is 5.06. The molecule has 0 bridgehead atoms. The lowest BCUT2D eigenvalue weighted by Gasteiger charge is -2.33. The fourth-order valence-corrected chi connectivity index (χ4v) is 3.05. The van der Waals surface area contributed by atoms with E-state index in [1.807, 2.05) is 0 Å². The van der Waals surface area contributed by atoms with Gasteiger partial charge in [0.15, 0.2) is 0 Å². The zero-order valence-corrected chi connectivity index (χ0v) is 11.0. The van der Waals surface area contributed by atoms with Crippen LogP contribution in [0.15, 0.2) is 24.8 Å². The van der Waals surface area contributed by atoms with Crippen molar-refractivity contribution in [2.75, 3.05) is 32.7 Å². The van der Waals surface area contributed by atoms with E-state index in [0.29, 0.717) is 0 Å². The van der Waals surface area contributed by atoms with Crippen molar-refractivity contribution in [1.29, 1.82) is 0 Å². The molecule has 1 heterocycles. The Balaban J connectivity index is 1.74. The lowest BCUT2D eigenvalue weighted by atomic mass is 9.79. The molecule has 0 atom stereocenters. The van der Waals surface area contributed by atoms with Crippen LogP contribution < -0.4 is 5.32 Å². The molecule has 2 nitrogen and oxygen atoms in total. The molecule has 1 N–H and O–H groups in total. The van der Waals surface area contributed by atoms with Crippen molar-refractivity contribution >= 4 is 0 Å². The molecule has 0 aromatic heterocycles. The van der Waals surface area contributed by atoms with Crippen LogP contribution in [0.25, 0.3) is 0 Å². The van der Waals surface area contributed by atoms with Crippen LogP contribution >= 0.6 is 0 Å². The first-order chi connectivity index (χ1) is 8.29. The van der Waals surface area contributed by atoms with Crippen LogP contribution in [0.4, 0.5) is 0 Å². The summed E-state index contributed by atoms with van der Waals surface area (Å²) < 4.78 is 0. The molecule has 1 saturated carbocycles. The lowest BCUT2D eigenvalue weighted by molar-refractivity contribution is 0.242. The molecule has 2 aliphatic rings. The molecule has 1 saturated heterocycles. The smallest absolute Gasteiger partial charge is 0.0194 e. The van der Waals surface area contributed by atoms with Crippen LogP contribution in [-0.4, -0.2) is 37.6 Å². The first-order valence-electron chi connectivity index (χ1n) is 7.03. The fourth-order valence-electron chi connectivity index (χ4n) is 3.05. The molecule has 2 rings (SSSR count). The van der Waals surface area contributed by atoms with Crippen LogP contribution in [0.1, 0.15) is 25.7 Å². The number of piperazine rings is 1. The van der Waals surface area contributed by atoms with Gasteiger partial charge in [0, 0.05) is 32.7 Å². The van der Waals surface area contributed by atoms with Gasteiger partial charge in [-0.2, -0.15) is 0 Å². The summed E-state index contributed by atoms with van der Waals surface area (Å²) in [6.07, 6.45) is 7.40. The third kappa shape index (κ3) is 3.68. The second kappa shape index (κ2) is 6.36. The number of hydrogen-bond acceptors (Lipinski definition) is 2. The average Bonchev–Trinajstić information content (AvgIpc) is 2.40. The molecule has 17 heavy (non-hydrogen) atoms. The number of nitrogens with zero attached hydrogens (tertiary/aromatic N) is 1. The van der Waals surface area contributed by atoms with Crippen molar-refractivity contribution < 1.29 is 0 Å². The maximum absolute atomic E-state index is 4.34. The number of allylic oxidation sites excluding steroid dienone is 1. The summed E-state index contributed by atoms with van der Waals surface area (Å²) >= 11 is 0. The van der Waals surface area contributed by atoms with Gasteiger partial charge in [0.25, 0.3) is 0 Å². The van der Waals surface area contributed by atoms with Crippen LogP contribution in [0.3, 0.4) is 0 Å². The van der Waals surface area contributed by atoms with Gasteiger partial charge in [-0.15, -0.1) is 6.58 Å². The third-order valence-corrected chi connectivity index (χ3v) is 4.32. The lowest BCUT2D eigenvalue weighted by Crippen LogP contribution is -2.44. The Morgan fingerprint density at radius 1 is 1.18 bits per heavy atom. The zero-order valence-electron chi connectivity index (χ0n) is 11.0. The highest BCUT2D eigenvalue weighted by Gasteiger charge is 2.22. The van der Waals surface area contributed by atoms with E-state index in [2.05, 4.69) is 29.5 Å². The molecule has 96 valence electrons. The highest BCUT2D eigenvalue weighted by Crippen LogP contribution is 2.33. The Morgan fingerprint density at radius 3 is 2.41 bits per heavy atom. The van der Waals surface area contributed by atoms with Crippen molar-refractivity contribution in [3.63, 3.8) is 0 Å². The minimum atomic E-state index is 0.762. The van der Waals surface area contributed by atoms with Gasteiger partial charge in [-0.1, -0.05) is 18.2 Å². The second-order valence-electron chi connectivity index (χ2n) is 5.53. The van der Waals surface area contributed by atoms with E-state index in [9.17, 15) is 0 Å². The predicted molar refractivity (Wildman–Crippen MR) is 74.1 cm³/mol. The molecule has 0 unspecified atom stereocenters. The molecular weight excluding hydrogens is 208 g/mol. The molecule has 1 aliphatic heterocycles. The van der Waals surface area contributed by atoms with E-state index < -0.39 is 0 Å². The Kier molecular flexibility index (Phi) is 4.81. The van der Waals surface area contributed by atoms with E-state index in [4.69, 9.17) is 0 Å². The summed E-state index contributed by atoms with van der Waals surface area (Å²) in [5.74, 6) is 1.53. The maximum Gasteiger partial charge on any atom is 0.0194 e. The van der Waals surface area contributed by atoms with Crippen molar-refractivity contribution in [2.24, 2.45) is 11.8 Å². The van der Waals surface area contributed by atoms with E-state index in [-0.39, 0.29) is 0 Å². The van der Waals surface area contributed by atoms with Gasteiger partial charge >= 0.3 is 0 Å². The average molecular weight is 234 g/mol. The molecule has 0 spiro atoms. The summed E-state index contributed by atoms with van der Waals surface area (Å²) in [5, 5.41) is 3.40. The molecule has 0 aromatic carbocycles. The number of nitrogens with one attached hydrogen (secondary N) is 1. The Hall–Kier alpha value is -0.600. The summed E-state index contributed by atoms with van der Waals surface area (Å²) in [4.78, 5) is 2.54. The standard InChI is InChI=1S/C15H26N2/c1-3-14-4-6-15(7-5-14)13(2)12-17-10-8-16-9-11-17/h3,14-16H,1-2,4-12H2. The minimum absolute atomic E-state index is 0.762. The van der Waals surface area contributed by atoms with Crippen molar-refractivity contribution in [3.8, 4) is 0 Å². The Labute approximate surface area is 106 Å². The first-order valence-corrected chi connectivity index (χ1v) is 7.03. The molecule has 1 aliphatic carbocycles. The third-order valence-electron chi connectivity index (χ3n) is 4.32. The summed E-state index contributed by atoms with van der Waals surface area (Å²) in [7, 11) is 0. The first kappa shape index (κ1) is 12.8. The molecule has 2 heteroatoms. The molecule has 0 aromatic rings. The van der Waals surface area contributed by atoms with Gasteiger partial charge in [-0.3, -0.25) is 4.90 Å². The van der Waals surface area contributed by atoms with Crippen LogP contribution in [-0.2, 0) is 0 Å².